The van der Waals surface area contributed by atoms with E-state index >= 15 is 0 Å². The van der Waals surface area contributed by atoms with Gasteiger partial charge >= 0.3 is 0 Å². The summed E-state index contributed by atoms with van der Waals surface area (Å²) in [7, 11) is 1.68. The highest BCUT2D eigenvalue weighted by Gasteiger charge is 2.21. The average Bonchev–Trinajstić information content (AvgIpc) is 2.97. The van der Waals surface area contributed by atoms with Crippen molar-refractivity contribution in [2.75, 3.05) is 44.7 Å². The van der Waals surface area contributed by atoms with Gasteiger partial charge in [-0.05, 0) is 37.1 Å². The zero-order valence-electron chi connectivity index (χ0n) is 16.1. The number of carbonyl (C=O) groups is 1. The van der Waals surface area contributed by atoms with Gasteiger partial charge < -0.3 is 19.9 Å². The Morgan fingerprint density at radius 1 is 1.04 bits per heavy atom. The molecule has 3 rings (SSSR count). The maximum absolute atomic E-state index is 12.5. The Morgan fingerprint density at radius 2 is 1.69 bits per heavy atom. The van der Waals surface area contributed by atoms with Gasteiger partial charge in [0.1, 0.15) is 5.75 Å². The van der Waals surface area contributed by atoms with Crippen LogP contribution in [0.4, 0.5) is 5.69 Å². The monoisotopic (exact) mass is 359 g/mol. The minimum atomic E-state index is 0.292. The van der Waals surface area contributed by atoms with Crippen LogP contribution in [-0.4, -0.2) is 56.7 Å². The van der Waals surface area contributed by atoms with Crippen LogP contribution in [0.25, 0.3) is 0 Å². The highest BCUT2D eigenvalue weighted by Crippen LogP contribution is 2.21. The first-order chi connectivity index (χ1) is 12.8. The molecule has 1 heterocycles. The number of hydrogen-bond acceptors (Lipinski definition) is 4. The summed E-state index contributed by atoms with van der Waals surface area (Å²) in [6.45, 7) is 4.24. The number of benzene rings is 1. The Balaban J connectivity index is 1.37. The lowest BCUT2D eigenvalue weighted by molar-refractivity contribution is -0.131. The van der Waals surface area contributed by atoms with Crippen molar-refractivity contribution >= 4 is 11.6 Å². The first-order valence-corrected chi connectivity index (χ1v) is 10.2. The second kappa shape index (κ2) is 9.81. The van der Waals surface area contributed by atoms with Crippen LogP contribution in [0.5, 0.6) is 5.75 Å². The van der Waals surface area contributed by atoms with Crippen LogP contribution in [0.15, 0.2) is 24.3 Å². The highest BCUT2D eigenvalue weighted by atomic mass is 16.5. The standard InChI is InChI=1S/C21H33N3O2/c1-26-20-10-8-19(9-11-20)23-14-16-24(17-15-23)21(25)12-13-22-18-6-4-2-3-5-7-18/h8-11,18,22H,2-7,12-17H2,1H3. The molecule has 144 valence electrons. The van der Waals surface area contributed by atoms with E-state index in [1.807, 2.05) is 17.0 Å². The molecule has 0 aromatic heterocycles. The fourth-order valence-electron chi connectivity index (χ4n) is 4.03. The summed E-state index contributed by atoms with van der Waals surface area (Å²) >= 11 is 0. The molecule has 1 saturated carbocycles. The van der Waals surface area contributed by atoms with E-state index in [2.05, 4.69) is 22.3 Å². The van der Waals surface area contributed by atoms with Gasteiger partial charge in [0.25, 0.3) is 0 Å². The molecule has 1 aliphatic carbocycles. The number of ether oxygens (including phenoxy) is 1. The Bertz CT molecular complexity index is 545. The van der Waals surface area contributed by atoms with Gasteiger partial charge in [0, 0.05) is 50.9 Å². The highest BCUT2D eigenvalue weighted by molar-refractivity contribution is 5.76. The van der Waals surface area contributed by atoms with Gasteiger partial charge in [0.2, 0.25) is 5.91 Å². The van der Waals surface area contributed by atoms with E-state index in [9.17, 15) is 4.79 Å². The molecule has 2 aliphatic rings. The number of nitrogens with one attached hydrogen (secondary N) is 1. The van der Waals surface area contributed by atoms with E-state index in [0.29, 0.717) is 18.4 Å². The zero-order chi connectivity index (χ0) is 18.2. The lowest BCUT2D eigenvalue weighted by atomic mass is 10.1. The van der Waals surface area contributed by atoms with Crippen molar-refractivity contribution in [1.82, 2.24) is 10.2 Å². The van der Waals surface area contributed by atoms with Gasteiger partial charge in [-0.25, -0.2) is 0 Å². The van der Waals surface area contributed by atoms with Crippen molar-refractivity contribution in [3.8, 4) is 5.75 Å². The minimum absolute atomic E-state index is 0.292. The van der Waals surface area contributed by atoms with Crippen molar-refractivity contribution in [2.45, 2.75) is 51.0 Å². The maximum atomic E-state index is 12.5. The quantitative estimate of drug-likeness (QED) is 0.793. The minimum Gasteiger partial charge on any atom is -0.497 e. The topological polar surface area (TPSA) is 44.8 Å². The predicted octanol–water partition coefficient (Wildman–Crippen LogP) is 3.05. The molecule has 1 saturated heterocycles. The van der Waals surface area contributed by atoms with Gasteiger partial charge in [-0.3, -0.25) is 4.79 Å². The summed E-state index contributed by atoms with van der Waals surface area (Å²) in [6.07, 6.45) is 8.57. The Kier molecular flexibility index (Phi) is 7.18. The van der Waals surface area contributed by atoms with Crippen molar-refractivity contribution in [2.24, 2.45) is 0 Å². The van der Waals surface area contributed by atoms with E-state index in [1.54, 1.807) is 7.11 Å². The number of nitrogens with zero attached hydrogens (tertiary/aromatic N) is 2. The third-order valence-electron chi connectivity index (χ3n) is 5.70. The van der Waals surface area contributed by atoms with Crippen LogP contribution in [0.3, 0.4) is 0 Å². The van der Waals surface area contributed by atoms with E-state index in [0.717, 1.165) is 38.5 Å². The van der Waals surface area contributed by atoms with Crippen LogP contribution in [0.1, 0.15) is 44.9 Å². The summed E-state index contributed by atoms with van der Waals surface area (Å²) in [5.41, 5.74) is 1.20. The SMILES string of the molecule is COc1ccc(N2CCN(C(=O)CCNC3CCCCCC3)CC2)cc1. The number of hydrogen-bond donors (Lipinski definition) is 1. The summed E-state index contributed by atoms with van der Waals surface area (Å²) < 4.78 is 5.22. The largest absolute Gasteiger partial charge is 0.497 e. The molecule has 0 spiro atoms. The molecule has 1 aromatic rings. The van der Waals surface area contributed by atoms with Crippen molar-refractivity contribution < 1.29 is 9.53 Å². The van der Waals surface area contributed by atoms with Gasteiger partial charge in [-0.1, -0.05) is 25.7 Å². The fourth-order valence-corrected chi connectivity index (χ4v) is 4.03. The van der Waals surface area contributed by atoms with E-state index < -0.39 is 0 Å². The number of methoxy groups -OCH3 is 1. The lowest BCUT2D eigenvalue weighted by Gasteiger charge is -2.36. The molecular formula is C21H33N3O2. The Labute approximate surface area is 157 Å². The molecule has 0 bridgehead atoms. The molecule has 0 atom stereocenters. The van der Waals surface area contributed by atoms with Crippen molar-refractivity contribution in [3.05, 3.63) is 24.3 Å². The molecule has 1 aromatic carbocycles. The zero-order valence-corrected chi connectivity index (χ0v) is 16.1. The third kappa shape index (κ3) is 5.37. The second-order valence-electron chi connectivity index (χ2n) is 7.46. The van der Waals surface area contributed by atoms with Crippen LogP contribution < -0.4 is 15.0 Å². The first kappa shape index (κ1) is 19.0. The third-order valence-corrected chi connectivity index (χ3v) is 5.70. The molecule has 5 nitrogen and oxygen atoms in total. The van der Waals surface area contributed by atoms with E-state index in [-0.39, 0.29) is 0 Å². The predicted molar refractivity (Wildman–Crippen MR) is 106 cm³/mol. The molecule has 26 heavy (non-hydrogen) atoms. The summed E-state index contributed by atoms with van der Waals surface area (Å²) in [5, 5.41) is 3.61. The molecule has 1 N–H and O–H groups in total. The first-order valence-electron chi connectivity index (χ1n) is 10.2. The summed E-state index contributed by atoms with van der Waals surface area (Å²) in [6, 6.07) is 8.79. The summed E-state index contributed by atoms with van der Waals surface area (Å²) in [5.74, 6) is 1.17. The fraction of sp³-hybridized carbons (Fsp3) is 0.667. The van der Waals surface area contributed by atoms with Gasteiger partial charge in [0.05, 0.1) is 7.11 Å². The van der Waals surface area contributed by atoms with E-state index in [4.69, 9.17) is 4.74 Å². The van der Waals surface area contributed by atoms with Crippen LogP contribution >= 0.6 is 0 Å². The number of amides is 1. The van der Waals surface area contributed by atoms with Crippen LogP contribution in [0.2, 0.25) is 0 Å². The normalized spacial score (nSPS) is 19.3. The van der Waals surface area contributed by atoms with Crippen LogP contribution in [0, 0.1) is 0 Å². The average molecular weight is 360 g/mol. The van der Waals surface area contributed by atoms with Crippen LogP contribution in [-0.2, 0) is 4.79 Å². The number of anilines is 1. The summed E-state index contributed by atoms with van der Waals surface area (Å²) in [4.78, 5) is 16.8. The second-order valence-corrected chi connectivity index (χ2v) is 7.46. The smallest absolute Gasteiger partial charge is 0.223 e. The maximum Gasteiger partial charge on any atom is 0.223 e. The van der Waals surface area contributed by atoms with Gasteiger partial charge in [0.15, 0.2) is 0 Å². The van der Waals surface area contributed by atoms with Crippen molar-refractivity contribution in [3.63, 3.8) is 0 Å². The molecule has 2 fully saturated rings. The molecule has 5 heteroatoms. The number of carbonyl (C=O) groups excluding carboxylic acids is 1. The van der Waals surface area contributed by atoms with Gasteiger partial charge in [-0.15, -0.1) is 0 Å². The molecule has 1 amide bonds. The molecular weight excluding hydrogens is 326 g/mol. The van der Waals surface area contributed by atoms with Crippen molar-refractivity contribution in [1.29, 1.82) is 0 Å². The lowest BCUT2D eigenvalue weighted by Crippen LogP contribution is -2.49. The molecule has 1 aliphatic heterocycles. The molecule has 0 radical (unpaired) electrons. The number of piperazine rings is 1. The van der Waals surface area contributed by atoms with Gasteiger partial charge in [-0.2, -0.15) is 0 Å². The molecule has 0 unspecified atom stereocenters. The van der Waals surface area contributed by atoms with E-state index in [1.165, 1.54) is 44.2 Å². The Morgan fingerprint density at radius 3 is 2.31 bits per heavy atom. The number of rotatable bonds is 6. The Hall–Kier alpha value is -1.75.